The summed E-state index contributed by atoms with van der Waals surface area (Å²) in [5.74, 6) is 0.654. The first-order chi connectivity index (χ1) is 15.2. The summed E-state index contributed by atoms with van der Waals surface area (Å²) in [7, 11) is 0. The van der Waals surface area contributed by atoms with Gasteiger partial charge in [0.05, 0.1) is 32.4 Å². The number of piperazine rings is 1. The summed E-state index contributed by atoms with van der Waals surface area (Å²) in [5, 5.41) is 11.0. The topological polar surface area (TPSA) is 48.8 Å². The Morgan fingerprint density at radius 2 is 2.03 bits per heavy atom. The van der Waals surface area contributed by atoms with Gasteiger partial charge in [-0.15, -0.1) is 11.3 Å². The summed E-state index contributed by atoms with van der Waals surface area (Å²) < 4.78 is 46.1. The molecule has 1 atom stereocenters. The Hall–Kier alpha value is -2.07. The van der Waals surface area contributed by atoms with Crippen LogP contribution in [0.2, 0.25) is 5.02 Å². The van der Waals surface area contributed by atoms with Crippen LogP contribution in [0.5, 0.6) is 5.75 Å². The molecule has 1 N–H and O–H groups in total. The van der Waals surface area contributed by atoms with Crippen LogP contribution < -0.4 is 9.64 Å². The number of aryl methyl sites for hydroxylation is 1. The van der Waals surface area contributed by atoms with E-state index in [9.17, 15) is 18.3 Å². The Kier molecular flexibility index (Phi) is 6.80. The van der Waals surface area contributed by atoms with Crippen molar-refractivity contribution in [2.24, 2.45) is 0 Å². The molecule has 1 aliphatic heterocycles. The number of rotatable bonds is 6. The highest BCUT2D eigenvalue weighted by atomic mass is 35.5. The van der Waals surface area contributed by atoms with Gasteiger partial charge in [-0.05, 0) is 37.3 Å². The van der Waals surface area contributed by atoms with E-state index in [2.05, 4.69) is 4.98 Å². The minimum Gasteiger partial charge on any atom is -0.491 e. The number of fused-ring (bicyclic) bond motifs is 1. The fourth-order valence-electron chi connectivity index (χ4n) is 3.61. The lowest BCUT2D eigenvalue weighted by atomic mass is 10.1. The van der Waals surface area contributed by atoms with E-state index in [0.29, 0.717) is 37.6 Å². The number of benzene rings is 2. The summed E-state index contributed by atoms with van der Waals surface area (Å²) in [6, 6.07) is 9.59. The molecule has 5 nitrogen and oxygen atoms in total. The molecular weight excluding hydrogens is 463 g/mol. The number of nitrogens with zero attached hydrogens (tertiary/aromatic N) is 3. The van der Waals surface area contributed by atoms with E-state index in [0.717, 1.165) is 21.3 Å². The van der Waals surface area contributed by atoms with Crippen molar-refractivity contribution in [2.45, 2.75) is 19.2 Å². The molecular formula is C22H22ClF3N3O2S. The Morgan fingerprint density at radius 3 is 2.75 bits per heavy atom. The number of halogens is 4. The zero-order valence-corrected chi connectivity index (χ0v) is 18.8. The van der Waals surface area contributed by atoms with E-state index < -0.39 is 17.8 Å². The van der Waals surface area contributed by atoms with Crippen LogP contribution >= 0.6 is 22.9 Å². The number of aliphatic hydroxyl groups excluding tert-OH is 1. The average Bonchev–Trinajstić information content (AvgIpc) is 3.11. The zero-order valence-electron chi connectivity index (χ0n) is 17.3. The second-order valence-corrected chi connectivity index (χ2v) is 9.27. The zero-order chi connectivity index (χ0) is 22.9. The van der Waals surface area contributed by atoms with Gasteiger partial charge in [0.15, 0.2) is 0 Å². The van der Waals surface area contributed by atoms with Crippen LogP contribution in [0, 0.1) is 13.5 Å². The summed E-state index contributed by atoms with van der Waals surface area (Å²) in [6.45, 7) is 5.92. The summed E-state index contributed by atoms with van der Waals surface area (Å²) in [6.07, 6.45) is -5.20. The van der Waals surface area contributed by atoms with Crippen LogP contribution in [0.15, 0.2) is 36.4 Å². The van der Waals surface area contributed by atoms with Gasteiger partial charge in [-0.25, -0.2) is 4.98 Å². The van der Waals surface area contributed by atoms with Crippen LogP contribution in [-0.4, -0.2) is 53.9 Å². The highest BCUT2D eigenvalue weighted by Gasteiger charge is 2.34. The molecule has 3 aromatic rings. The Balaban J connectivity index is 1.27. The fraction of sp³-hybridized carbons (Fsp3) is 0.364. The molecule has 4 rings (SSSR count). The highest BCUT2D eigenvalue weighted by molar-refractivity contribution is 7.18. The van der Waals surface area contributed by atoms with Crippen LogP contribution in [0.25, 0.3) is 10.2 Å². The lowest BCUT2D eigenvalue weighted by molar-refractivity contribution is -0.137. The Bertz CT molecular complexity index is 1080. The van der Waals surface area contributed by atoms with Crippen molar-refractivity contribution in [3.63, 3.8) is 0 Å². The number of alkyl halides is 3. The molecule has 1 aliphatic rings. The number of ether oxygens (including phenoxy) is 1. The van der Waals surface area contributed by atoms with E-state index in [4.69, 9.17) is 16.3 Å². The van der Waals surface area contributed by atoms with Gasteiger partial charge in [0.1, 0.15) is 18.5 Å². The molecule has 1 radical (unpaired) electrons. The number of β-amino-alcohol motifs (C(OH)–C–C–N with tert-alkyl or cyclic N) is 1. The highest BCUT2D eigenvalue weighted by Crippen LogP contribution is 2.37. The quantitative estimate of drug-likeness (QED) is 0.533. The minimum absolute atomic E-state index is 0.140. The first kappa shape index (κ1) is 23.1. The van der Waals surface area contributed by atoms with Crippen molar-refractivity contribution >= 4 is 38.8 Å². The van der Waals surface area contributed by atoms with Gasteiger partial charge in [0.25, 0.3) is 0 Å². The van der Waals surface area contributed by atoms with Crippen LogP contribution in [0.3, 0.4) is 0 Å². The van der Waals surface area contributed by atoms with Gasteiger partial charge >= 0.3 is 6.18 Å². The van der Waals surface area contributed by atoms with Gasteiger partial charge in [-0.2, -0.15) is 13.2 Å². The van der Waals surface area contributed by atoms with Crippen molar-refractivity contribution in [1.82, 2.24) is 9.88 Å². The minimum atomic E-state index is -4.50. The maximum Gasteiger partial charge on any atom is 0.417 e. The molecule has 32 heavy (non-hydrogen) atoms. The maximum atomic E-state index is 13.1. The van der Waals surface area contributed by atoms with E-state index in [1.54, 1.807) is 22.3 Å². The van der Waals surface area contributed by atoms with Crippen molar-refractivity contribution in [2.75, 3.05) is 37.7 Å². The SMILES string of the molecule is Cc1nc2cc(OCC(O)CN3C[CH]N(c4ccc(Cl)c(C(F)(F)F)c4)CC3)ccc2s1. The van der Waals surface area contributed by atoms with Crippen LogP contribution in [0.4, 0.5) is 18.9 Å². The monoisotopic (exact) mass is 484 g/mol. The molecule has 0 bridgehead atoms. The average molecular weight is 485 g/mol. The lowest BCUT2D eigenvalue weighted by Gasteiger charge is -2.36. The fourth-order valence-corrected chi connectivity index (χ4v) is 4.64. The predicted molar refractivity (Wildman–Crippen MR) is 120 cm³/mol. The summed E-state index contributed by atoms with van der Waals surface area (Å²) >= 11 is 7.32. The van der Waals surface area contributed by atoms with Crippen molar-refractivity contribution in [3.05, 3.63) is 58.5 Å². The van der Waals surface area contributed by atoms with Gasteiger partial charge < -0.3 is 14.7 Å². The Labute approximate surface area is 193 Å². The molecule has 1 fully saturated rings. The van der Waals surface area contributed by atoms with Crippen molar-refractivity contribution in [3.8, 4) is 5.75 Å². The van der Waals surface area contributed by atoms with Gasteiger partial charge in [-0.1, -0.05) is 11.6 Å². The summed E-state index contributed by atoms with van der Waals surface area (Å²) in [4.78, 5) is 8.24. The van der Waals surface area contributed by atoms with Crippen molar-refractivity contribution in [1.29, 1.82) is 0 Å². The number of hydrogen-bond donors (Lipinski definition) is 1. The second kappa shape index (κ2) is 9.43. The van der Waals surface area contributed by atoms with Gasteiger partial charge in [-0.3, -0.25) is 4.90 Å². The molecule has 1 aromatic heterocycles. The largest absolute Gasteiger partial charge is 0.491 e. The smallest absolute Gasteiger partial charge is 0.417 e. The van der Waals surface area contributed by atoms with Gasteiger partial charge in [0, 0.05) is 37.9 Å². The molecule has 0 spiro atoms. The van der Waals surface area contributed by atoms with Crippen LogP contribution in [0.1, 0.15) is 10.6 Å². The third-order valence-electron chi connectivity index (χ3n) is 5.18. The molecule has 1 saturated heterocycles. The molecule has 0 aliphatic carbocycles. The number of thiazole rings is 1. The number of hydrogen-bond acceptors (Lipinski definition) is 6. The third-order valence-corrected chi connectivity index (χ3v) is 6.46. The molecule has 1 unspecified atom stereocenters. The predicted octanol–water partition coefficient (Wildman–Crippen LogP) is 5.00. The first-order valence-corrected chi connectivity index (χ1v) is 11.3. The number of aromatic nitrogens is 1. The molecule has 2 aromatic carbocycles. The normalized spacial score (nSPS) is 16.5. The molecule has 0 saturated carbocycles. The third kappa shape index (κ3) is 5.46. The van der Waals surface area contributed by atoms with E-state index in [1.807, 2.05) is 36.6 Å². The standard InChI is InChI=1S/C22H22ClF3N3O2S/c1-14-27-20-11-17(3-5-21(20)32-14)31-13-16(30)12-28-6-8-29(9-7-28)15-2-4-19(23)18(10-15)22(24,25)26/h2-5,8,10-11,16,30H,6-7,9,12-13H2,1H3. The van der Waals surface area contributed by atoms with Crippen molar-refractivity contribution < 1.29 is 23.0 Å². The molecule has 171 valence electrons. The van der Waals surface area contributed by atoms with Crippen LogP contribution in [-0.2, 0) is 6.18 Å². The number of aliphatic hydroxyl groups is 1. The second-order valence-electron chi connectivity index (χ2n) is 7.62. The first-order valence-electron chi connectivity index (χ1n) is 10.1. The lowest BCUT2D eigenvalue weighted by Crippen LogP contribution is -2.46. The Morgan fingerprint density at radius 1 is 1.22 bits per heavy atom. The number of anilines is 1. The molecule has 0 amide bonds. The van der Waals surface area contributed by atoms with Gasteiger partial charge in [0.2, 0.25) is 0 Å². The molecule has 2 heterocycles. The molecule has 10 heteroatoms. The maximum absolute atomic E-state index is 13.1. The van der Waals surface area contributed by atoms with E-state index in [1.165, 1.54) is 6.07 Å². The van der Waals surface area contributed by atoms with E-state index >= 15 is 0 Å². The summed E-state index contributed by atoms with van der Waals surface area (Å²) in [5.41, 5.74) is 0.477. The van der Waals surface area contributed by atoms with E-state index in [-0.39, 0.29) is 11.6 Å².